The molecule has 0 radical (unpaired) electrons. The Hall–Kier alpha value is -0.000000000000000222. The Balaban J connectivity index is 0. The summed E-state index contributed by atoms with van der Waals surface area (Å²) in [5.41, 5.74) is 0. The Bertz CT molecular complexity index is 173. The molecular formula is C5H4F3NaO2. The standard InChI is InChI=1S/C5H5F3O2.Na/c1-3(9)2-4(10)5(6,7)8;/h2,10H,1H3;/q;+1/p-1/b4-2-;. The van der Waals surface area contributed by atoms with Gasteiger partial charge in [0.05, 0.1) is 0 Å². The van der Waals surface area contributed by atoms with Gasteiger partial charge in [-0.25, -0.2) is 0 Å². The molecule has 58 valence electrons. The van der Waals surface area contributed by atoms with Gasteiger partial charge in [0.1, 0.15) is 0 Å². The molecule has 0 saturated heterocycles. The van der Waals surface area contributed by atoms with Gasteiger partial charge in [-0.15, -0.1) is 0 Å². The van der Waals surface area contributed by atoms with E-state index in [1.54, 1.807) is 0 Å². The summed E-state index contributed by atoms with van der Waals surface area (Å²) in [7, 11) is 0. The average Bonchev–Trinajstić information content (AvgIpc) is 1.60. The van der Waals surface area contributed by atoms with Gasteiger partial charge < -0.3 is 5.11 Å². The van der Waals surface area contributed by atoms with E-state index in [0.29, 0.717) is 0 Å². The molecule has 6 heteroatoms. The van der Waals surface area contributed by atoms with Crippen molar-refractivity contribution in [3.63, 3.8) is 0 Å². The van der Waals surface area contributed by atoms with E-state index in [2.05, 4.69) is 0 Å². The largest absolute Gasteiger partial charge is 1.00 e. The van der Waals surface area contributed by atoms with Crippen LogP contribution in [0.1, 0.15) is 6.92 Å². The molecule has 0 bridgehead atoms. The van der Waals surface area contributed by atoms with E-state index in [-0.39, 0.29) is 35.6 Å². The predicted octanol–water partition coefficient (Wildman–Crippen LogP) is -2.61. The molecule has 11 heavy (non-hydrogen) atoms. The monoisotopic (exact) mass is 176 g/mol. The van der Waals surface area contributed by atoms with E-state index in [1.165, 1.54) is 0 Å². The second-order valence-electron chi connectivity index (χ2n) is 1.62. The van der Waals surface area contributed by atoms with Crippen LogP contribution in [0.25, 0.3) is 0 Å². The van der Waals surface area contributed by atoms with Crippen LogP contribution >= 0.6 is 0 Å². The third kappa shape index (κ3) is 6.40. The molecule has 0 aromatic rings. The minimum atomic E-state index is -4.92. The molecule has 0 aromatic carbocycles. The van der Waals surface area contributed by atoms with Gasteiger partial charge in [0.25, 0.3) is 0 Å². The molecule has 2 nitrogen and oxygen atoms in total. The minimum Gasteiger partial charge on any atom is -0.869 e. The summed E-state index contributed by atoms with van der Waals surface area (Å²) in [5.74, 6) is -3.01. The van der Waals surface area contributed by atoms with Crippen molar-refractivity contribution in [2.45, 2.75) is 13.1 Å². The van der Waals surface area contributed by atoms with Gasteiger partial charge in [-0.1, -0.05) is 0 Å². The van der Waals surface area contributed by atoms with E-state index in [4.69, 9.17) is 0 Å². The van der Waals surface area contributed by atoms with Crippen molar-refractivity contribution in [2.75, 3.05) is 0 Å². The van der Waals surface area contributed by atoms with Crippen LogP contribution in [0, 0.1) is 0 Å². The van der Waals surface area contributed by atoms with Crippen LogP contribution in [0.4, 0.5) is 13.2 Å². The summed E-state index contributed by atoms with van der Waals surface area (Å²) in [6.45, 7) is 0.879. The maximum atomic E-state index is 11.3. The van der Waals surface area contributed by atoms with Crippen LogP contribution in [-0.2, 0) is 4.79 Å². The summed E-state index contributed by atoms with van der Waals surface area (Å²) in [6, 6.07) is 0. The number of alkyl halides is 3. The summed E-state index contributed by atoms with van der Waals surface area (Å²) >= 11 is 0. The molecule has 0 amide bonds. The average molecular weight is 176 g/mol. The SMILES string of the molecule is CC(=O)/C=C(\[O-])C(F)(F)F.[Na+]. The molecule has 0 saturated carbocycles. The summed E-state index contributed by atoms with van der Waals surface area (Å²) < 4.78 is 33.8. The number of rotatable bonds is 1. The molecule has 0 fully saturated rings. The Morgan fingerprint density at radius 1 is 1.45 bits per heavy atom. The Kier molecular flexibility index (Phi) is 5.92. The molecule has 0 N–H and O–H groups in total. The van der Waals surface area contributed by atoms with Crippen LogP contribution in [0.15, 0.2) is 11.8 Å². The molecule has 0 spiro atoms. The zero-order chi connectivity index (χ0) is 8.36. The molecule has 0 heterocycles. The van der Waals surface area contributed by atoms with Gasteiger partial charge in [0.2, 0.25) is 0 Å². The molecular weight excluding hydrogens is 172 g/mol. The van der Waals surface area contributed by atoms with Gasteiger partial charge in [0.15, 0.2) is 5.78 Å². The van der Waals surface area contributed by atoms with Crippen molar-refractivity contribution < 1.29 is 52.6 Å². The van der Waals surface area contributed by atoms with Gasteiger partial charge in [0, 0.05) is 0 Å². The smallest absolute Gasteiger partial charge is 0.869 e. The maximum absolute atomic E-state index is 11.3. The number of hydrogen-bond donors (Lipinski definition) is 0. The van der Waals surface area contributed by atoms with Crippen molar-refractivity contribution in [2.24, 2.45) is 0 Å². The molecule has 0 atom stereocenters. The first-order valence-corrected chi connectivity index (χ1v) is 2.30. The van der Waals surface area contributed by atoms with Crippen molar-refractivity contribution in [3.8, 4) is 0 Å². The van der Waals surface area contributed by atoms with Gasteiger partial charge in [-0.3, -0.25) is 4.79 Å². The normalized spacial score (nSPS) is 12.2. The van der Waals surface area contributed by atoms with E-state index < -0.39 is 17.7 Å². The van der Waals surface area contributed by atoms with Crippen LogP contribution in [0.5, 0.6) is 0 Å². The van der Waals surface area contributed by atoms with Crippen molar-refractivity contribution in [3.05, 3.63) is 11.8 Å². The van der Waals surface area contributed by atoms with Crippen molar-refractivity contribution in [1.29, 1.82) is 0 Å². The second-order valence-corrected chi connectivity index (χ2v) is 1.62. The number of hydrogen-bond acceptors (Lipinski definition) is 2. The first kappa shape index (κ1) is 13.6. The van der Waals surface area contributed by atoms with Crippen molar-refractivity contribution >= 4 is 5.78 Å². The Labute approximate surface area is 83.4 Å². The van der Waals surface area contributed by atoms with Gasteiger partial charge >= 0.3 is 35.7 Å². The number of carbonyl (C=O) groups is 1. The van der Waals surface area contributed by atoms with Crippen LogP contribution in [0.2, 0.25) is 0 Å². The van der Waals surface area contributed by atoms with Gasteiger partial charge in [-0.2, -0.15) is 13.2 Å². The fourth-order valence-electron chi connectivity index (χ4n) is 0.266. The van der Waals surface area contributed by atoms with E-state index in [1.807, 2.05) is 0 Å². The molecule has 0 aliphatic rings. The van der Waals surface area contributed by atoms with E-state index in [9.17, 15) is 23.1 Å². The zero-order valence-corrected chi connectivity index (χ0v) is 8.03. The third-order valence-electron chi connectivity index (χ3n) is 0.614. The number of allylic oxidation sites excluding steroid dienone is 2. The van der Waals surface area contributed by atoms with Crippen LogP contribution in [0.3, 0.4) is 0 Å². The first-order valence-electron chi connectivity index (χ1n) is 2.30. The molecule has 0 aliphatic carbocycles. The van der Waals surface area contributed by atoms with E-state index in [0.717, 1.165) is 6.92 Å². The predicted molar refractivity (Wildman–Crippen MR) is 24.8 cm³/mol. The second kappa shape index (κ2) is 4.79. The molecule has 0 aliphatic heterocycles. The van der Waals surface area contributed by atoms with Crippen LogP contribution in [-0.4, -0.2) is 12.0 Å². The van der Waals surface area contributed by atoms with E-state index >= 15 is 0 Å². The maximum Gasteiger partial charge on any atom is 1.00 e. The molecule has 0 rings (SSSR count). The Morgan fingerprint density at radius 2 is 1.82 bits per heavy atom. The summed E-state index contributed by atoms with van der Waals surface area (Å²) in [5, 5.41) is 9.87. The number of halogens is 3. The molecule has 0 unspecified atom stereocenters. The Morgan fingerprint density at radius 3 is 1.91 bits per heavy atom. The fourth-order valence-corrected chi connectivity index (χ4v) is 0.266. The third-order valence-corrected chi connectivity index (χ3v) is 0.614. The molecule has 0 aromatic heterocycles. The fraction of sp³-hybridized carbons (Fsp3) is 0.400. The summed E-state index contributed by atoms with van der Waals surface area (Å²) in [4.78, 5) is 9.92. The number of carbonyl (C=O) groups excluding carboxylic acids is 1. The van der Waals surface area contributed by atoms with Gasteiger partial charge in [-0.05, 0) is 18.8 Å². The topological polar surface area (TPSA) is 40.1 Å². The van der Waals surface area contributed by atoms with Crippen LogP contribution < -0.4 is 34.7 Å². The first-order chi connectivity index (χ1) is 4.34. The number of ketones is 1. The quantitative estimate of drug-likeness (QED) is 0.249. The summed E-state index contributed by atoms with van der Waals surface area (Å²) in [6.07, 6.45) is -4.91. The van der Waals surface area contributed by atoms with Crippen molar-refractivity contribution in [1.82, 2.24) is 0 Å². The zero-order valence-electron chi connectivity index (χ0n) is 6.03. The minimum absolute atomic E-state index is 0.